The van der Waals surface area contributed by atoms with Crippen LogP contribution in [0.25, 0.3) is 0 Å². The van der Waals surface area contributed by atoms with E-state index in [2.05, 4.69) is 0 Å². The smallest absolute Gasteiger partial charge is 0.246 e. The van der Waals surface area contributed by atoms with Crippen molar-refractivity contribution in [2.45, 2.75) is 37.2 Å². The third-order valence-corrected chi connectivity index (χ3v) is 4.65. The Hall–Kier alpha value is -1.25. The number of rotatable bonds is 6. The molecule has 4 N–H and O–H groups in total. The number of benzene rings is 1. The summed E-state index contributed by atoms with van der Waals surface area (Å²) < 4.78 is 53.0. The van der Waals surface area contributed by atoms with Crippen LogP contribution in [-0.4, -0.2) is 25.7 Å². The molecule has 0 spiro atoms. The Kier molecular flexibility index (Phi) is 5.06. The lowest BCUT2D eigenvalue weighted by atomic mass is 9.98. The van der Waals surface area contributed by atoms with E-state index in [1.807, 2.05) is 4.72 Å². The van der Waals surface area contributed by atoms with E-state index in [4.69, 9.17) is 5.73 Å². The molecule has 0 atom stereocenters. The minimum atomic E-state index is -4.41. The Morgan fingerprint density at radius 2 is 1.70 bits per heavy atom. The summed E-state index contributed by atoms with van der Waals surface area (Å²) >= 11 is 0. The second-order valence-corrected chi connectivity index (χ2v) is 6.27. The molecule has 0 saturated heterocycles. The first-order chi connectivity index (χ1) is 9.15. The SMILES string of the molecule is CCC(O)(CC)CNS(=O)(=O)c1c(F)cc(N)cc1F. The van der Waals surface area contributed by atoms with Gasteiger partial charge in [0.1, 0.15) is 11.6 Å². The third kappa shape index (κ3) is 3.65. The third-order valence-electron chi connectivity index (χ3n) is 3.20. The molecule has 0 saturated carbocycles. The number of sulfonamides is 1. The summed E-state index contributed by atoms with van der Waals surface area (Å²) in [5.41, 5.74) is 3.76. The minimum Gasteiger partial charge on any atom is -0.399 e. The summed E-state index contributed by atoms with van der Waals surface area (Å²) in [6.07, 6.45) is 0.609. The normalized spacial score (nSPS) is 12.7. The van der Waals surface area contributed by atoms with Crippen LogP contribution < -0.4 is 10.5 Å². The molecule has 0 heterocycles. The molecule has 1 aromatic rings. The molecule has 0 radical (unpaired) electrons. The van der Waals surface area contributed by atoms with E-state index in [1.165, 1.54) is 0 Å². The highest BCUT2D eigenvalue weighted by Gasteiger charge is 2.29. The largest absolute Gasteiger partial charge is 0.399 e. The molecule has 0 unspecified atom stereocenters. The second-order valence-electron chi connectivity index (χ2n) is 4.57. The van der Waals surface area contributed by atoms with E-state index in [0.717, 1.165) is 12.1 Å². The van der Waals surface area contributed by atoms with Gasteiger partial charge in [-0.3, -0.25) is 0 Å². The average molecular weight is 308 g/mol. The molecule has 0 fully saturated rings. The molecule has 0 aliphatic rings. The zero-order valence-electron chi connectivity index (χ0n) is 11.3. The summed E-state index contributed by atoms with van der Waals surface area (Å²) in [6, 6.07) is 1.45. The molecule has 0 aromatic heterocycles. The predicted octanol–water partition coefficient (Wildman–Crippen LogP) is 1.38. The number of nitrogen functional groups attached to an aromatic ring is 1. The highest BCUT2D eigenvalue weighted by atomic mass is 32.2. The monoisotopic (exact) mass is 308 g/mol. The van der Waals surface area contributed by atoms with Gasteiger partial charge in [-0.15, -0.1) is 0 Å². The molecule has 0 amide bonds. The summed E-state index contributed by atoms with van der Waals surface area (Å²) in [7, 11) is -4.41. The lowest BCUT2D eigenvalue weighted by molar-refractivity contribution is 0.0377. The van der Waals surface area contributed by atoms with Gasteiger partial charge in [-0.1, -0.05) is 13.8 Å². The fraction of sp³-hybridized carbons (Fsp3) is 0.500. The van der Waals surface area contributed by atoms with Crippen molar-refractivity contribution in [1.29, 1.82) is 0 Å². The number of halogens is 2. The van der Waals surface area contributed by atoms with Crippen LogP contribution in [0.4, 0.5) is 14.5 Å². The first kappa shape index (κ1) is 16.8. The number of anilines is 1. The van der Waals surface area contributed by atoms with E-state index in [9.17, 15) is 22.3 Å². The Balaban J connectivity index is 3.07. The predicted molar refractivity (Wildman–Crippen MR) is 71.5 cm³/mol. The zero-order valence-corrected chi connectivity index (χ0v) is 12.1. The maximum Gasteiger partial charge on any atom is 0.246 e. The van der Waals surface area contributed by atoms with E-state index < -0.39 is 32.2 Å². The molecule has 1 rings (SSSR count). The highest BCUT2D eigenvalue weighted by molar-refractivity contribution is 7.89. The van der Waals surface area contributed by atoms with Crippen molar-refractivity contribution < 1.29 is 22.3 Å². The van der Waals surface area contributed by atoms with Gasteiger partial charge < -0.3 is 10.8 Å². The zero-order chi connectivity index (χ0) is 15.6. The summed E-state index contributed by atoms with van der Waals surface area (Å²) in [5, 5.41) is 9.99. The molecule has 1 aromatic carbocycles. The maximum absolute atomic E-state index is 13.6. The van der Waals surface area contributed by atoms with Gasteiger partial charge in [0.15, 0.2) is 4.90 Å². The number of nitrogens with one attached hydrogen (secondary N) is 1. The summed E-state index contributed by atoms with van der Waals surface area (Å²) in [5.74, 6) is -2.54. The van der Waals surface area contributed by atoms with E-state index in [1.54, 1.807) is 13.8 Å². The van der Waals surface area contributed by atoms with Gasteiger partial charge in [-0.25, -0.2) is 21.9 Å². The number of hydrogen-bond acceptors (Lipinski definition) is 4. The first-order valence-corrected chi connectivity index (χ1v) is 7.60. The van der Waals surface area contributed by atoms with E-state index in [0.29, 0.717) is 12.8 Å². The Morgan fingerprint density at radius 3 is 2.10 bits per heavy atom. The van der Waals surface area contributed by atoms with Crippen molar-refractivity contribution in [3.05, 3.63) is 23.8 Å². The minimum absolute atomic E-state index is 0.211. The second kappa shape index (κ2) is 6.02. The fourth-order valence-electron chi connectivity index (χ4n) is 1.64. The Bertz CT molecular complexity index is 563. The van der Waals surface area contributed by atoms with Crippen LogP contribution in [0.1, 0.15) is 26.7 Å². The van der Waals surface area contributed by atoms with Crippen molar-refractivity contribution in [2.24, 2.45) is 0 Å². The van der Waals surface area contributed by atoms with Crippen LogP contribution in [0.5, 0.6) is 0 Å². The van der Waals surface area contributed by atoms with Crippen LogP contribution in [0.2, 0.25) is 0 Å². The Labute approximate surface area is 116 Å². The van der Waals surface area contributed by atoms with Crippen molar-refractivity contribution in [1.82, 2.24) is 4.72 Å². The van der Waals surface area contributed by atoms with E-state index >= 15 is 0 Å². The van der Waals surface area contributed by atoms with E-state index in [-0.39, 0.29) is 12.2 Å². The van der Waals surface area contributed by atoms with Gasteiger partial charge in [0.2, 0.25) is 10.0 Å². The van der Waals surface area contributed by atoms with Crippen LogP contribution in [-0.2, 0) is 10.0 Å². The maximum atomic E-state index is 13.6. The lowest BCUT2D eigenvalue weighted by Gasteiger charge is -2.25. The average Bonchev–Trinajstić information content (AvgIpc) is 2.34. The topological polar surface area (TPSA) is 92.4 Å². The number of aliphatic hydroxyl groups is 1. The van der Waals surface area contributed by atoms with Crippen molar-refractivity contribution in [3.8, 4) is 0 Å². The highest BCUT2D eigenvalue weighted by Crippen LogP contribution is 2.22. The molecule has 8 heteroatoms. The van der Waals surface area contributed by atoms with Crippen molar-refractivity contribution in [2.75, 3.05) is 12.3 Å². The molecular formula is C12H18F2N2O3S. The van der Waals surface area contributed by atoms with Gasteiger partial charge >= 0.3 is 0 Å². The van der Waals surface area contributed by atoms with Gasteiger partial charge in [-0.05, 0) is 25.0 Å². The van der Waals surface area contributed by atoms with Gasteiger partial charge in [-0.2, -0.15) is 0 Å². The molecule has 0 bridgehead atoms. The first-order valence-electron chi connectivity index (χ1n) is 6.11. The summed E-state index contributed by atoms with van der Waals surface area (Å²) in [6.45, 7) is 3.04. The number of hydrogen-bond donors (Lipinski definition) is 3. The lowest BCUT2D eigenvalue weighted by Crippen LogP contribution is -2.42. The standard InChI is InChI=1S/C12H18F2N2O3S/c1-3-12(17,4-2)7-16-20(18,19)11-9(13)5-8(15)6-10(11)14/h5-6,16-17H,3-4,7,15H2,1-2H3. The molecule has 20 heavy (non-hydrogen) atoms. The van der Waals surface area contributed by atoms with Crippen LogP contribution >= 0.6 is 0 Å². The molecule has 5 nitrogen and oxygen atoms in total. The number of nitrogens with two attached hydrogens (primary N) is 1. The van der Waals surface area contributed by atoms with Gasteiger partial charge in [0.05, 0.1) is 5.60 Å². The summed E-state index contributed by atoms with van der Waals surface area (Å²) in [4.78, 5) is -1.10. The molecule has 114 valence electrons. The molecule has 0 aliphatic heterocycles. The Morgan fingerprint density at radius 1 is 1.25 bits per heavy atom. The van der Waals surface area contributed by atoms with Crippen molar-refractivity contribution in [3.63, 3.8) is 0 Å². The van der Waals surface area contributed by atoms with Gasteiger partial charge in [0, 0.05) is 12.2 Å². The molecular weight excluding hydrogens is 290 g/mol. The quantitative estimate of drug-likeness (QED) is 0.692. The fourth-order valence-corrected chi connectivity index (χ4v) is 2.87. The van der Waals surface area contributed by atoms with Crippen LogP contribution in [0.3, 0.4) is 0 Å². The van der Waals surface area contributed by atoms with Gasteiger partial charge in [0.25, 0.3) is 0 Å². The molecule has 0 aliphatic carbocycles. The van der Waals surface area contributed by atoms with Crippen molar-refractivity contribution >= 4 is 15.7 Å². The van der Waals surface area contributed by atoms with Crippen LogP contribution in [0.15, 0.2) is 17.0 Å². The van der Waals surface area contributed by atoms with Crippen LogP contribution in [0, 0.1) is 11.6 Å².